The van der Waals surface area contributed by atoms with Crippen molar-refractivity contribution in [1.82, 2.24) is 0 Å². The number of hydrogen-bond donors (Lipinski definition) is 1. The van der Waals surface area contributed by atoms with Gasteiger partial charge in [-0.25, -0.2) is 13.6 Å². The maximum atomic E-state index is 10.6. The Kier molecular flexibility index (Phi) is 1.09. The van der Waals surface area contributed by atoms with Gasteiger partial charge < -0.3 is 0 Å². The Morgan fingerprint density at radius 2 is 2.00 bits per heavy atom. The summed E-state index contributed by atoms with van der Waals surface area (Å²) in [6, 6.07) is 0. The molecule has 0 aromatic carbocycles. The molecule has 0 aliphatic heterocycles. The third kappa shape index (κ3) is 0.824. The van der Waals surface area contributed by atoms with Crippen molar-refractivity contribution in [2.75, 3.05) is 0 Å². The Bertz CT molecular complexity index is 255. The Hall–Kier alpha value is -0.530. The number of primary sulfonamides is 1. The van der Waals surface area contributed by atoms with E-state index in [1.54, 1.807) is 0 Å². The second-order valence-corrected chi connectivity index (χ2v) is 4.06. The Morgan fingerprint density at radius 1 is 1.56 bits per heavy atom. The van der Waals surface area contributed by atoms with E-state index in [1.807, 2.05) is 0 Å². The minimum absolute atomic E-state index is 0.516. The van der Waals surface area contributed by atoms with E-state index in [9.17, 15) is 8.42 Å². The van der Waals surface area contributed by atoms with Crippen LogP contribution >= 0.6 is 0 Å². The average molecular weight is 145 g/mol. The van der Waals surface area contributed by atoms with E-state index < -0.39 is 14.8 Å². The van der Waals surface area contributed by atoms with Crippen molar-refractivity contribution < 1.29 is 8.42 Å². The number of terminal acetylenes is 1. The van der Waals surface area contributed by atoms with Crippen molar-refractivity contribution in [3.63, 3.8) is 0 Å². The second-order valence-electron chi connectivity index (χ2n) is 2.18. The van der Waals surface area contributed by atoms with Gasteiger partial charge in [0.25, 0.3) is 0 Å². The van der Waals surface area contributed by atoms with Crippen LogP contribution in [0.5, 0.6) is 0 Å². The highest BCUT2D eigenvalue weighted by Crippen LogP contribution is 2.40. The van der Waals surface area contributed by atoms with E-state index in [-0.39, 0.29) is 0 Å². The Labute approximate surface area is 54.3 Å². The highest BCUT2D eigenvalue weighted by Gasteiger charge is 2.51. The van der Waals surface area contributed by atoms with Crippen molar-refractivity contribution in [1.29, 1.82) is 0 Å². The first kappa shape index (κ1) is 6.59. The van der Waals surface area contributed by atoms with Crippen LogP contribution < -0.4 is 5.14 Å². The summed E-state index contributed by atoms with van der Waals surface area (Å²) in [6.45, 7) is 0. The topological polar surface area (TPSA) is 60.2 Å². The van der Waals surface area contributed by atoms with Crippen molar-refractivity contribution >= 4 is 10.0 Å². The van der Waals surface area contributed by atoms with Crippen molar-refractivity contribution in [2.45, 2.75) is 17.6 Å². The quantitative estimate of drug-likeness (QED) is 0.503. The summed E-state index contributed by atoms with van der Waals surface area (Å²) in [5.41, 5.74) is 0. The van der Waals surface area contributed by atoms with Crippen LogP contribution in [0, 0.1) is 12.3 Å². The summed E-state index contributed by atoms with van der Waals surface area (Å²) < 4.78 is 20.2. The molecule has 0 amide bonds. The van der Waals surface area contributed by atoms with E-state index in [0.29, 0.717) is 12.8 Å². The van der Waals surface area contributed by atoms with Crippen molar-refractivity contribution in [2.24, 2.45) is 5.14 Å². The first-order chi connectivity index (χ1) is 4.02. The highest BCUT2D eigenvalue weighted by atomic mass is 32.2. The molecule has 0 atom stereocenters. The van der Waals surface area contributed by atoms with E-state index in [4.69, 9.17) is 11.6 Å². The molecule has 3 nitrogen and oxygen atoms in total. The third-order valence-electron chi connectivity index (χ3n) is 1.51. The second kappa shape index (κ2) is 1.49. The summed E-state index contributed by atoms with van der Waals surface area (Å²) in [6.07, 6.45) is 5.98. The zero-order chi connectivity index (χ0) is 7.12. The molecule has 0 radical (unpaired) electrons. The lowest BCUT2D eigenvalue weighted by Crippen LogP contribution is -2.28. The molecule has 4 heteroatoms. The maximum Gasteiger partial charge on any atom is 0.226 e. The summed E-state index contributed by atoms with van der Waals surface area (Å²) in [5.74, 6) is 2.18. The number of hydrogen-bond acceptors (Lipinski definition) is 2. The number of sulfonamides is 1. The van der Waals surface area contributed by atoms with Crippen LogP contribution in [-0.2, 0) is 10.0 Å². The molecule has 1 rings (SSSR count). The lowest BCUT2D eigenvalue weighted by atomic mass is 10.4. The molecule has 0 heterocycles. The molecule has 1 fully saturated rings. The van der Waals surface area contributed by atoms with Gasteiger partial charge in [0.05, 0.1) is 0 Å². The van der Waals surface area contributed by atoms with Crippen molar-refractivity contribution in [3.8, 4) is 12.3 Å². The monoisotopic (exact) mass is 145 g/mol. The maximum absolute atomic E-state index is 10.6. The van der Waals surface area contributed by atoms with Gasteiger partial charge in [-0.3, -0.25) is 0 Å². The van der Waals surface area contributed by atoms with Crippen molar-refractivity contribution in [3.05, 3.63) is 0 Å². The van der Waals surface area contributed by atoms with Gasteiger partial charge in [-0.05, 0) is 12.8 Å². The van der Waals surface area contributed by atoms with Crippen LogP contribution in [-0.4, -0.2) is 13.2 Å². The van der Waals surface area contributed by atoms with Gasteiger partial charge in [-0.15, -0.1) is 6.42 Å². The first-order valence-electron chi connectivity index (χ1n) is 2.52. The average Bonchev–Trinajstić information content (AvgIpc) is 2.40. The van der Waals surface area contributed by atoms with E-state index in [2.05, 4.69) is 5.92 Å². The SMILES string of the molecule is C#CC1(S(N)(=O)=O)CC1. The van der Waals surface area contributed by atoms with Crippen LogP contribution in [0.1, 0.15) is 12.8 Å². The molecule has 0 bridgehead atoms. The first-order valence-corrected chi connectivity index (χ1v) is 4.07. The minimum atomic E-state index is -3.48. The number of nitrogens with two attached hydrogens (primary N) is 1. The van der Waals surface area contributed by atoms with Gasteiger partial charge in [0.2, 0.25) is 10.0 Å². The summed E-state index contributed by atoms with van der Waals surface area (Å²) in [4.78, 5) is 0. The molecular weight excluding hydrogens is 138 g/mol. The molecule has 1 aliphatic rings. The van der Waals surface area contributed by atoms with Crippen LogP contribution in [0.2, 0.25) is 0 Å². The fraction of sp³-hybridized carbons (Fsp3) is 0.600. The van der Waals surface area contributed by atoms with Crippen LogP contribution in [0.3, 0.4) is 0 Å². The lowest BCUT2D eigenvalue weighted by Gasteiger charge is -2.00. The van der Waals surface area contributed by atoms with E-state index in [1.165, 1.54) is 0 Å². The van der Waals surface area contributed by atoms with E-state index in [0.717, 1.165) is 0 Å². The molecule has 0 spiro atoms. The Balaban J connectivity index is 3.02. The lowest BCUT2D eigenvalue weighted by molar-refractivity contribution is 0.590. The third-order valence-corrected chi connectivity index (χ3v) is 3.13. The van der Waals surface area contributed by atoms with Gasteiger partial charge in [-0.1, -0.05) is 5.92 Å². The Morgan fingerprint density at radius 3 is 2.00 bits per heavy atom. The molecule has 50 valence electrons. The molecular formula is C5H7NO2S. The smallest absolute Gasteiger partial charge is 0.226 e. The summed E-state index contributed by atoms with van der Waals surface area (Å²) >= 11 is 0. The van der Waals surface area contributed by atoms with Gasteiger partial charge in [0, 0.05) is 0 Å². The van der Waals surface area contributed by atoms with Crippen LogP contribution in [0.4, 0.5) is 0 Å². The molecule has 0 unspecified atom stereocenters. The fourth-order valence-electron chi connectivity index (χ4n) is 0.625. The van der Waals surface area contributed by atoms with Crippen LogP contribution in [0.25, 0.3) is 0 Å². The number of rotatable bonds is 1. The normalized spacial score (nSPS) is 22.7. The highest BCUT2D eigenvalue weighted by molar-refractivity contribution is 7.91. The zero-order valence-corrected chi connectivity index (χ0v) is 5.61. The zero-order valence-electron chi connectivity index (χ0n) is 4.79. The van der Waals surface area contributed by atoms with Gasteiger partial charge in [0.15, 0.2) is 0 Å². The molecule has 0 saturated heterocycles. The van der Waals surface area contributed by atoms with Crippen LogP contribution in [0.15, 0.2) is 0 Å². The molecule has 0 aromatic heterocycles. The molecule has 2 N–H and O–H groups in total. The predicted octanol–water partition coefficient (Wildman–Crippen LogP) is -0.559. The summed E-state index contributed by atoms with van der Waals surface area (Å²) in [5, 5.41) is 4.82. The molecule has 1 aliphatic carbocycles. The van der Waals surface area contributed by atoms with Gasteiger partial charge in [0.1, 0.15) is 4.75 Å². The fourth-order valence-corrected chi connectivity index (χ4v) is 1.46. The van der Waals surface area contributed by atoms with Gasteiger partial charge in [-0.2, -0.15) is 0 Å². The molecule has 1 saturated carbocycles. The molecule has 0 aromatic rings. The molecule has 9 heavy (non-hydrogen) atoms. The predicted molar refractivity (Wildman–Crippen MR) is 33.9 cm³/mol. The van der Waals surface area contributed by atoms with Gasteiger partial charge >= 0.3 is 0 Å². The van der Waals surface area contributed by atoms with E-state index >= 15 is 0 Å². The largest absolute Gasteiger partial charge is 0.227 e. The standard InChI is InChI=1S/C5H7NO2S/c1-2-5(3-4-5)9(6,7)8/h1H,3-4H2,(H2,6,7,8). The minimum Gasteiger partial charge on any atom is -0.227 e. The summed E-state index contributed by atoms with van der Waals surface area (Å²) in [7, 11) is -3.48.